The maximum Gasteiger partial charge on any atom is 0.524 e. The van der Waals surface area contributed by atoms with Gasteiger partial charge in [-0.1, -0.05) is 17.7 Å². The molecule has 0 saturated carbocycles. The Bertz CT molecular complexity index is 446. The van der Waals surface area contributed by atoms with E-state index in [0.29, 0.717) is 0 Å². The molecule has 82 valence electrons. The summed E-state index contributed by atoms with van der Waals surface area (Å²) in [5.74, 6) is 0. The number of hydrogen-bond donors (Lipinski definition) is 0. The number of hydrogen-bond acceptors (Lipinski definition) is 5. The van der Waals surface area contributed by atoms with Crippen LogP contribution in [0, 0.1) is 6.92 Å². The van der Waals surface area contributed by atoms with Crippen LogP contribution < -0.4 is 0 Å². The lowest BCUT2D eigenvalue weighted by Crippen LogP contribution is -2.13. The number of benzene rings is 1. The van der Waals surface area contributed by atoms with Crippen LogP contribution in [0.2, 0.25) is 0 Å². The average Bonchev–Trinajstić information content (AvgIpc) is 2.17. The van der Waals surface area contributed by atoms with E-state index < -0.39 is 16.3 Å². The highest BCUT2D eigenvalue weighted by atomic mass is 32.2. The number of ether oxygens (including phenoxy) is 1. The molecule has 1 aromatic rings. The minimum Gasteiger partial charge on any atom is -0.437 e. The van der Waals surface area contributed by atoms with Crippen LogP contribution in [0.15, 0.2) is 29.2 Å². The van der Waals surface area contributed by atoms with Crippen LogP contribution in [-0.2, 0) is 19.0 Å². The second-order valence-electron chi connectivity index (χ2n) is 2.80. The first-order chi connectivity index (χ1) is 6.95. The molecule has 15 heavy (non-hydrogen) atoms. The van der Waals surface area contributed by atoms with Crippen LogP contribution in [0.3, 0.4) is 0 Å². The van der Waals surface area contributed by atoms with Crippen LogP contribution in [-0.4, -0.2) is 21.7 Å². The number of carbonyl (C=O) groups is 1. The first-order valence-corrected chi connectivity index (χ1v) is 5.45. The molecule has 0 aromatic heterocycles. The van der Waals surface area contributed by atoms with Crippen molar-refractivity contribution in [1.82, 2.24) is 0 Å². The van der Waals surface area contributed by atoms with Gasteiger partial charge in [0.1, 0.15) is 4.90 Å². The third-order valence-electron chi connectivity index (χ3n) is 1.65. The molecule has 1 aromatic carbocycles. The van der Waals surface area contributed by atoms with Gasteiger partial charge in [0, 0.05) is 0 Å². The fraction of sp³-hybridized carbons (Fsp3) is 0.222. The molecule has 0 saturated heterocycles. The highest BCUT2D eigenvalue weighted by molar-refractivity contribution is 7.87. The Morgan fingerprint density at radius 1 is 1.20 bits per heavy atom. The third-order valence-corrected chi connectivity index (χ3v) is 2.86. The Balaban J connectivity index is 2.96. The molecule has 0 unspecified atom stereocenters. The van der Waals surface area contributed by atoms with Gasteiger partial charge < -0.3 is 8.92 Å². The first kappa shape index (κ1) is 11.5. The van der Waals surface area contributed by atoms with Crippen molar-refractivity contribution >= 4 is 16.3 Å². The zero-order chi connectivity index (χ0) is 11.5. The lowest BCUT2D eigenvalue weighted by molar-refractivity contribution is 0.124. The van der Waals surface area contributed by atoms with Gasteiger partial charge >= 0.3 is 16.3 Å². The Morgan fingerprint density at radius 2 is 1.73 bits per heavy atom. The van der Waals surface area contributed by atoms with Crippen molar-refractivity contribution in [3.63, 3.8) is 0 Å². The Hall–Kier alpha value is -1.56. The molecule has 0 aliphatic carbocycles. The minimum atomic E-state index is -4.06. The van der Waals surface area contributed by atoms with Crippen molar-refractivity contribution in [2.45, 2.75) is 11.8 Å². The lowest BCUT2D eigenvalue weighted by Gasteiger charge is -2.03. The van der Waals surface area contributed by atoms with Gasteiger partial charge in [-0.3, -0.25) is 0 Å². The molecule has 0 spiro atoms. The van der Waals surface area contributed by atoms with E-state index in [9.17, 15) is 13.2 Å². The van der Waals surface area contributed by atoms with Crippen LogP contribution in [0.4, 0.5) is 4.79 Å². The summed E-state index contributed by atoms with van der Waals surface area (Å²) in [6, 6.07) is 5.92. The quantitative estimate of drug-likeness (QED) is 0.568. The normalized spacial score (nSPS) is 10.8. The molecule has 0 atom stereocenters. The van der Waals surface area contributed by atoms with Crippen LogP contribution in [0.5, 0.6) is 0 Å². The van der Waals surface area contributed by atoms with Crippen LogP contribution in [0.25, 0.3) is 0 Å². The lowest BCUT2D eigenvalue weighted by atomic mass is 10.2. The van der Waals surface area contributed by atoms with Crippen LogP contribution in [0.1, 0.15) is 5.56 Å². The van der Waals surface area contributed by atoms with E-state index in [0.717, 1.165) is 12.7 Å². The molecule has 0 radical (unpaired) electrons. The monoisotopic (exact) mass is 230 g/mol. The second-order valence-corrected chi connectivity index (χ2v) is 4.35. The summed E-state index contributed by atoms with van der Waals surface area (Å²) in [5, 5.41) is 0. The van der Waals surface area contributed by atoms with E-state index in [1.807, 2.05) is 6.92 Å². The number of aryl methyl sites for hydroxylation is 1. The van der Waals surface area contributed by atoms with E-state index in [1.54, 1.807) is 12.1 Å². The summed E-state index contributed by atoms with van der Waals surface area (Å²) < 4.78 is 31.0. The molecular formula is C9H10O5S. The Labute approximate surface area is 87.7 Å². The van der Waals surface area contributed by atoms with Crippen molar-refractivity contribution in [2.75, 3.05) is 7.11 Å². The predicted molar refractivity (Wildman–Crippen MR) is 51.9 cm³/mol. The van der Waals surface area contributed by atoms with Gasteiger partial charge in [0.05, 0.1) is 7.11 Å². The Kier molecular flexibility index (Phi) is 3.31. The fourth-order valence-corrected chi connectivity index (χ4v) is 1.69. The zero-order valence-corrected chi connectivity index (χ0v) is 9.08. The molecule has 0 fully saturated rings. The maximum atomic E-state index is 11.4. The largest absolute Gasteiger partial charge is 0.524 e. The van der Waals surface area contributed by atoms with Gasteiger partial charge in [0.15, 0.2) is 0 Å². The predicted octanol–water partition coefficient (Wildman–Crippen LogP) is 1.47. The van der Waals surface area contributed by atoms with Crippen molar-refractivity contribution in [2.24, 2.45) is 0 Å². The summed E-state index contributed by atoms with van der Waals surface area (Å²) >= 11 is 0. The minimum absolute atomic E-state index is 0.0847. The molecule has 5 nitrogen and oxygen atoms in total. The average molecular weight is 230 g/mol. The van der Waals surface area contributed by atoms with Gasteiger partial charge in [-0.2, -0.15) is 8.42 Å². The molecule has 0 aliphatic rings. The van der Waals surface area contributed by atoms with Crippen molar-refractivity contribution in [1.29, 1.82) is 0 Å². The van der Waals surface area contributed by atoms with Gasteiger partial charge in [-0.25, -0.2) is 4.79 Å². The third kappa shape index (κ3) is 2.95. The van der Waals surface area contributed by atoms with E-state index >= 15 is 0 Å². The van der Waals surface area contributed by atoms with Gasteiger partial charge in [0.25, 0.3) is 0 Å². The number of rotatable bonds is 2. The highest BCUT2D eigenvalue weighted by Crippen LogP contribution is 2.13. The summed E-state index contributed by atoms with van der Waals surface area (Å²) in [7, 11) is -3.03. The topological polar surface area (TPSA) is 69.7 Å². The first-order valence-electron chi connectivity index (χ1n) is 4.05. The summed E-state index contributed by atoms with van der Waals surface area (Å²) in [4.78, 5) is 10.6. The van der Waals surface area contributed by atoms with Crippen molar-refractivity contribution in [3.05, 3.63) is 29.8 Å². The smallest absolute Gasteiger partial charge is 0.437 e. The molecule has 0 N–H and O–H groups in total. The number of carbonyl (C=O) groups excluding carboxylic acids is 1. The molecular weight excluding hydrogens is 220 g/mol. The van der Waals surface area contributed by atoms with Crippen LogP contribution >= 0.6 is 0 Å². The molecule has 0 aliphatic heterocycles. The summed E-state index contributed by atoms with van der Waals surface area (Å²) in [5.41, 5.74) is 0.909. The van der Waals surface area contributed by atoms with Gasteiger partial charge in [-0.15, -0.1) is 0 Å². The fourth-order valence-electron chi connectivity index (χ4n) is 0.877. The van der Waals surface area contributed by atoms with E-state index in [4.69, 9.17) is 0 Å². The van der Waals surface area contributed by atoms with E-state index in [2.05, 4.69) is 8.92 Å². The zero-order valence-electron chi connectivity index (χ0n) is 8.26. The molecule has 0 amide bonds. The highest BCUT2D eigenvalue weighted by Gasteiger charge is 2.19. The van der Waals surface area contributed by atoms with E-state index in [1.165, 1.54) is 12.1 Å². The summed E-state index contributed by atoms with van der Waals surface area (Å²) in [6.07, 6.45) is -1.25. The second kappa shape index (κ2) is 4.31. The van der Waals surface area contributed by atoms with Crippen molar-refractivity contribution in [3.8, 4) is 0 Å². The maximum absolute atomic E-state index is 11.4. The van der Waals surface area contributed by atoms with Gasteiger partial charge in [0.2, 0.25) is 0 Å². The molecule has 0 bridgehead atoms. The summed E-state index contributed by atoms with van der Waals surface area (Å²) in [6.45, 7) is 1.82. The van der Waals surface area contributed by atoms with Crippen molar-refractivity contribution < 1.29 is 22.1 Å². The van der Waals surface area contributed by atoms with Gasteiger partial charge in [-0.05, 0) is 19.1 Å². The van der Waals surface area contributed by atoms with E-state index in [-0.39, 0.29) is 4.90 Å². The standard InChI is InChI=1S/C9H10O5S/c1-7-3-5-8(6-4-7)15(11,12)14-9(10)13-2/h3-6H,1-2H3. The molecule has 1 rings (SSSR count). The SMILES string of the molecule is COC(=O)OS(=O)(=O)c1ccc(C)cc1. The Morgan fingerprint density at radius 3 is 2.20 bits per heavy atom. The molecule has 6 heteroatoms. The number of methoxy groups -OCH3 is 1. The molecule has 0 heterocycles.